The first-order valence-electron chi connectivity index (χ1n) is 6.37. The molecule has 2 aromatic carbocycles. The molecule has 2 rings (SSSR count). The summed E-state index contributed by atoms with van der Waals surface area (Å²) in [6, 6.07) is 7.33. The van der Waals surface area contributed by atoms with Crippen molar-refractivity contribution in [3.8, 4) is 0 Å². The highest BCUT2D eigenvalue weighted by atomic mass is 32.2. The van der Waals surface area contributed by atoms with Crippen molar-refractivity contribution in [3.05, 3.63) is 47.5 Å². The highest BCUT2D eigenvalue weighted by Gasteiger charge is 2.10. The molecule has 10 heteroatoms. The molecule has 0 spiro atoms. The van der Waals surface area contributed by atoms with Crippen molar-refractivity contribution >= 4 is 43.8 Å². The van der Waals surface area contributed by atoms with Gasteiger partial charge >= 0.3 is 0 Å². The number of rotatable bonds is 4. The Kier molecular flexibility index (Phi) is 4.67. The first-order valence-corrected chi connectivity index (χ1v) is 9.19. The topological polar surface area (TPSA) is 166 Å². The van der Waals surface area contributed by atoms with Crippen molar-refractivity contribution in [1.82, 2.24) is 0 Å². The Morgan fingerprint density at radius 1 is 0.708 bits per heavy atom. The van der Waals surface area contributed by atoms with Gasteiger partial charge in [0, 0.05) is 11.4 Å². The van der Waals surface area contributed by atoms with Crippen LogP contribution < -0.4 is 11.5 Å². The van der Waals surface area contributed by atoms with Crippen LogP contribution >= 0.6 is 0 Å². The molecule has 0 aliphatic heterocycles. The standard InChI is InChI=1S/C14H14N2O6S2/c15-11-5-3-9(13(7-11)23(17,18)19)1-2-10-4-6-12(16)8-14(10)24(20,21)22/h1-8H,15-16H2,(H,17,18,19)(H,20,21,22)/p-2/b2-1+. The maximum absolute atomic E-state index is 11.3. The molecule has 8 nitrogen and oxygen atoms in total. The Morgan fingerprint density at radius 3 is 1.33 bits per heavy atom. The lowest BCUT2D eigenvalue weighted by molar-refractivity contribution is 0.460. The van der Waals surface area contributed by atoms with Crippen LogP contribution in [0.1, 0.15) is 11.1 Å². The molecular formula is C14H12N2O6S2-2. The molecule has 24 heavy (non-hydrogen) atoms. The SMILES string of the molecule is Nc1ccc(/C=C/c2ccc(N)cc2S(=O)(=O)[O-])c(S(=O)(=O)[O-])c1. The van der Waals surface area contributed by atoms with E-state index in [1.54, 1.807) is 0 Å². The van der Waals surface area contributed by atoms with E-state index in [9.17, 15) is 25.9 Å². The fourth-order valence-corrected chi connectivity index (χ4v) is 3.40. The molecular weight excluding hydrogens is 356 g/mol. The van der Waals surface area contributed by atoms with Gasteiger partial charge in [-0.05, 0) is 35.4 Å². The van der Waals surface area contributed by atoms with E-state index in [-0.39, 0.29) is 22.5 Å². The minimum atomic E-state index is -4.79. The zero-order chi connectivity index (χ0) is 18.1. The number of hydrogen-bond acceptors (Lipinski definition) is 8. The number of nitrogen functional groups attached to an aromatic ring is 2. The lowest BCUT2D eigenvalue weighted by Gasteiger charge is -2.13. The molecule has 128 valence electrons. The Bertz CT molecular complexity index is 944. The molecule has 0 aliphatic carbocycles. The zero-order valence-corrected chi connectivity index (χ0v) is 13.7. The lowest BCUT2D eigenvalue weighted by atomic mass is 10.1. The highest BCUT2D eigenvalue weighted by molar-refractivity contribution is 7.86. The summed E-state index contributed by atoms with van der Waals surface area (Å²) in [4.78, 5) is -1.11. The van der Waals surface area contributed by atoms with E-state index in [1.165, 1.54) is 36.4 Å². The number of anilines is 2. The first-order chi connectivity index (χ1) is 11.0. The fraction of sp³-hybridized carbons (Fsp3) is 0. The summed E-state index contributed by atoms with van der Waals surface area (Å²) < 4.78 is 67.7. The molecule has 0 fully saturated rings. The summed E-state index contributed by atoms with van der Waals surface area (Å²) in [5.41, 5.74) is 11.1. The predicted molar refractivity (Wildman–Crippen MR) is 86.6 cm³/mol. The second-order valence-corrected chi connectivity index (χ2v) is 7.53. The van der Waals surface area contributed by atoms with Crippen molar-refractivity contribution in [2.24, 2.45) is 0 Å². The molecule has 0 atom stereocenters. The average Bonchev–Trinajstić information content (AvgIpc) is 2.45. The van der Waals surface area contributed by atoms with Gasteiger partial charge in [0.05, 0.1) is 9.79 Å². The summed E-state index contributed by atoms with van der Waals surface area (Å²) in [7, 11) is -9.57. The molecule has 0 radical (unpaired) electrons. The van der Waals surface area contributed by atoms with Crippen LogP contribution in [0.4, 0.5) is 11.4 Å². The third-order valence-electron chi connectivity index (χ3n) is 3.06. The molecule has 0 bridgehead atoms. The van der Waals surface area contributed by atoms with Crippen LogP contribution in [0.15, 0.2) is 46.2 Å². The van der Waals surface area contributed by atoms with Gasteiger partial charge in [-0.3, -0.25) is 0 Å². The van der Waals surface area contributed by atoms with Gasteiger partial charge in [0.1, 0.15) is 20.2 Å². The monoisotopic (exact) mass is 368 g/mol. The van der Waals surface area contributed by atoms with E-state index in [0.717, 1.165) is 12.1 Å². The Labute approximate surface area is 138 Å². The van der Waals surface area contributed by atoms with Crippen molar-refractivity contribution in [3.63, 3.8) is 0 Å². The lowest BCUT2D eigenvalue weighted by Crippen LogP contribution is -2.03. The van der Waals surface area contributed by atoms with E-state index in [4.69, 9.17) is 11.5 Å². The quantitative estimate of drug-likeness (QED) is 0.454. The fourth-order valence-electron chi connectivity index (χ4n) is 1.99. The van der Waals surface area contributed by atoms with Crippen molar-refractivity contribution < 1.29 is 25.9 Å². The minimum absolute atomic E-state index is 0.00488. The summed E-state index contributed by atoms with van der Waals surface area (Å²) in [5, 5.41) is 0. The van der Waals surface area contributed by atoms with Gasteiger partial charge in [-0.25, -0.2) is 16.8 Å². The van der Waals surface area contributed by atoms with Gasteiger partial charge in [-0.15, -0.1) is 0 Å². The second kappa shape index (κ2) is 6.24. The van der Waals surface area contributed by atoms with E-state index in [2.05, 4.69) is 0 Å². The number of nitrogens with two attached hydrogens (primary N) is 2. The van der Waals surface area contributed by atoms with Crippen LogP contribution in [0.2, 0.25) is 0 Å². The first kappa shape index (κ1) is 17.9. The maximum atomic E-state index is 11.3. The molecule has 0 saturated carbocycles. The second-order valence-electron chi connectivity index (χ2n) is 4.84. The Hall–Kier alpha value is -2.40. The molecule has 0 saturated heterocycles. The molecule has 0 unspecified atom stereocenters. The van der Waals surface area contributed by atoms with Crippen molar-refractivity contribution in [2.45, 2.75) is 9.79 Å². The third-order valence-corrected chi connectivity index (χ3v) is 4.84. The number of hydrogen-bond donors (Lipinski definition) is 2. The van der Waals surface area contributed by atoms with E-state index >= 15 is 0 Å². The van der Waals surface area contributed by atoms with Crippen LogP contribution in [0.5, 0.6) is 0 Å². The molecule has 0 amide bonds. The predicted octanol–water partition coefficient (Wildman–Crippen LogP) is 0.830. The normalized spacial score (nSPS) is 12.6. The summed E-state index contributed by atoms with van der Waals surface area (Å²) >= 11 is 0. The molecule has 4 N–H and O–H groups in total. The van der Waals surface area contributed by atoms with Crippen LogP contribution in [0.25, 0.3) is 12.2 Å². The van der Waals surface area contributed by atoms with Gasteiger partial charge in [-0.2, -0.15) is 0 Å². The van der Waals surface area contributed by atoms with Gasteiger partial charge in [0.15, 0.2) is 0 Å². The van der Waals surface area contributed by atoms with Crippen molar-refractivity contribution in [1.29, 1.82) is 0 Å². The van der Waals surface area contributed by atoms with Crippen LogP contribution in [-0.4, -0.2) is 25.9 Å². The Morgan fingerprint density at radius 2 is 1.04 bits per heavy atom. The van der Waals surface area contributed by atoms with Crippen LogP contribution in [0.3, 0.4) is 0 Å². The maximum Gasteiger partial charge on any atom is 0.125 e. The number of benzene rings is 2. The van der Waals surface area contributed by atoms with E-state index < -0.39 is 30.0 Å². The smallest absolute Gasteiger partial charge is 0.125 e. The molecule has 0 heterocycles. The zero-order valence-electron chi connectivity index (χ0n) is 12.0. The Balaban J connectivity index is 2.59. The van der Waals surface area contributed by atoms with Gasteiger partial charge in [0.2, 0.25) is 0 Å². The third kappa shape index (κ3) is 4.11. The van der Waals surface area contributed by atoms with Crippen molar-refractivity contribution in [2.75, 3.05) is 11.5 Å². The molecule has 2 aromatic rings. The summed E-state index contributed by atoms with van der Waals surface area (Å²) in [6.45, 7) is 0. The molecule has 0 aliphatic rings. The largest absolute Gasteiger partial charge is 0.744 e. The van der Waals surface area contributed by atoms with Crippen LogP contribution in [-0.2, 0) is 20.2 Å². The minimum Gasteiger partial charge on any atom is -0.744 e. The summed E-state index contributed by atoms with van der Waals surface area (Å²) in [6.07, 6.45) is 2.40. The van der Waals surface area contributed by atoms with Gasteiger partial charge < -0.3 is 20.6 Å². The highest BCUT2D eigenvalue weighted by Crippen LogP contribution is 2.24. The molecule has 0 aromatic heterocycles. The van der Waals surface area contributed by atoms with Gasteiger partial charge in [-0.1, -0.05) is 24.3 Å². The summed E-state index contributed by atoms with van der Waals surface area (Å²) in [5.74, 6) is 0. The average molecular weight is 368 g/mol. The van der Waals surface area contributed by atoms with E-state index in [0.29, 0.717) is 0 Å². The van der Waals surface area contributed by atoms with E-state index in [1.807, 2.05) is 0 Å². The van der Waals surface area contributed by atoms with Gasteiger partial charge in [0.25, 0.3) is 0 Å². The van der Waals surface area contributed by atoms with Crippen LogP contribution in [0, 0.1) is 0 Å².